The third-order valence-corrected chi connectivity index (χ3v) is 3.82. The third-order valence-electron chi connectivity index (χ3n) is 3.82. The molecule has 0 aliphatic carbocycles. The summed E-state index contributed by atoms with van der Waals surface area (Å²) in [7, 11) is 0. The molecule has 1 fully saturated rings. The van der Waals surface area contributed by atoms with Crippen LogP contribution >= 0.6 is 0 Å². The van der Waals surface area contributed by atoms with Gasteiger partial charge in [-0.1, -0.05) is 33.1 Å². The minimum absolute atomic E-state index is 0.693. The maximum absolute atomic E-state index is 3.68. The van der Waals surface area contributed by atoms with E-state index in [0.717, 1.165) is 5.92 Å². The van der Waals surface area contributed by atoms with Gasteiger partial charge in [-0.25, -0.2) is 0 Å². The van der Waals surface area contributed by atoms with Gasteiger partial charge in [0.2, 0.25) is 0 Å². The molecule has 1 aliphatic heterocycles. The molecule has 1 heterocycles. The Morgan fingerprint density at radius 3 is 2.47 bits per heavy atom. The highest BCUT2D eigenvalue weighted by Crippen LogP contribution is 2.10. The van der Waals surface area contributed by atoms with Crippen LogP contribution in [0.2, 0.25) is 0 Å². The SMILES string of the molecule is CCCCC(C)NCC(C)CN1CCCCC1. The summed E-state index contributed by atoms with van der Waals surface area (Å²) in [5, 5.41) is 3.68. The summed E-state index contributed by atoms with van der Waals surface area (Å²) >= 11 is 0. The van der Waals surface area contributed by atoms with Gasteiger partial charge in [-0.05, 0) is 51.7 Å². The van der Waals surface area contributed by atoms with Gasteiger partial charge in [0.1, 0.15) is 0 Å². The first-order chi connectivity index (χ1) is 8.22. The Balaban J connectivity index is 2.05. The van der Waals surface area contributed by atoms with Crippen molar-refractivity contribution in [1.82, 2.24) is 10.2 Å². The minimum atomic E-state index is 0.693. The summed E-state index contributed by atoms with van der Waals surface area (Å²) in [6, 6.07) is 0.693. The number of hydrogen-bond acceptors (Lipinski definition) is 2. The Morgan fingerprint density at radius 2 is 1.82 bits per heavy atom. The standard InChI is InChI=1S/C15H32N2/c1-4-5-9-15(3)16-12-14(2)13-17-10-7-6-8-11-17/h14-16H,4-13H2,1-3H3. The monoisotopic (exact) mass is 240 g/mol. The second-order valence-corrected chi connectivity index (χ2v) is 5.92. The zero-order valence-corrected chi connectivity index (χ0v) is 12.2. The van der Waals surface area contributed by atoms with Crippen molar-refractivity contribution < 1.29 is 0 Å². The zero-order chi connectivity index (χ0) is 12.5. The van der Waals surface area contributed by atoms with Crippen LogP contribution in [0.1, 0.15) is 59.3 Å². The van der Waals surface area contributed by atoms with Gasteiger partial charge in [-0.15, -0.1) is 0 Å². The average Bonchev–Trinajstić information content (AvgIpc) is 2.35. The second-order valence-electron chi connectivity index (χ2n) is 5.92. The summed E-state index contributed by atoms with van der Waals surface area (Å²) in [6.45, 7) is 12.1. The number of nitrogens with one attached hydrogen (secondary N) is 1. The van der Waals surface area contributed by atoms with Gasteiger partial charge < -0.3 is 10.2 Å². The molecule has 0 aromatic rings. The molecule has 1 N–H and O–H groups in total. The molecule has 0 radical (unpaired) electrons. The van der Waals surface area contributed by atoms with Crippen molar-refractivity contribution in [1.29, 1.82) is 0 Å². The number of piperidine rings is 1. The van der Waals surface area contributed by atoms with E-state index in [1.165, 1.54) is 64.7 Å². The van der Waals surface area contributed by atoms with Crippen molar-refractivity contribution in [3.05, 3.63) is 0 Å². The van der Waals surface area contributed by atoms with Crippen molar-refractivity contribution in [3.8, 4) is 0 Å². The van der Waals surface area contributed by atoms with E-state index in [0.29, 0.717) is 6.04 Å². The average molecular weight is 240 g/mol. The van der Waals surface area contributed by atoms with Crippen LogP contribution in [0.4, 0.5) is 0 Å². The summed E-state index contributed by atoms with van der Waals surface area (Å²) in [6.07, 6.45) is 8.26. The molecule has 1 aliphatic rings. The third kappa shape index (κ3) is 7.05. The predicted molar refractivity (Wildman–Crippen MR) is 76.4 cm³/mol. The van der Waals surface area contributed by atoms with E-state index in [-0.39, 0.29) is 0 Å². The van der Waals surface area contributed by atoms with Gasteiger partial charge in [0, 0.05) is 12.6 Å². The molecule has 0 spiro atoms. The lowest BCUT2D eigenvalue weighted by Crippen LogP contribution is -2.38. The van der Waals surface area contributed by atoms with Gasteiger partial charge in [-0.3, -0.25) is 0 Å². The second kappa shape index (κ2) is 8.93. The van der Waals surface area contributed by atoms with Crippen molar-refractivity contribution in [3.63, 3.8) is 0 Å². The fraction of sp³-hybridized carbons (Fsp3) is 1.00. The van der Waals surface area contributed by atoms with E-state index in [4.69, 9.17) is 0 Å². The fourth-order valence-electron chi connectivity index (χ4n) is 2.66. The Kier molecular flexibility index (Phi) is 7.87. The van der Waals surface area contributed by atoms with Crippen LogP contribution in [0.25, 0.3) is 0 Å². The van der Waals surface area contributed by atoms with Crippen LogP contribution in [-0.2, 0) is 0 Å². The summed E-state index contributed by atoms with van der Waals surface area (Å²) in [5.41, 5.74) is 0. The number of nitrogens with zero attached hydrogens (tertiary/aromatic N) is 1. The summed E-state index contributed by atoms with van der Waals surface area (Å²) in [5.74, 6) is 0.789. The minimum Gasteiger partial charge on any atom is -0.314 e. The van der Waals surface area contributed by atoms with Gasteiger partial charge >= 0.3 is 0 Å². The lowest BCUT2D eigenvalue weighted by molar-refractivity contribution is 0.197. The molecule has 2 atom stereocenters. The molecule has 1 saturated heterocycles. The molecule has 2 nitrogen and oxygen atoms in total. The number of hydrogen-bond donors (Lipinski definition) is 1. The molecule has 0 bridgehead atoms. The first-order valence-corrected chi connectivity index (χ1v) is 7.68. The van der Waals surface area contributed by atoms with Crippen LogP contribution in [-0.4, -0.2) is 37.1 Å². The summed E-state index contributed by atoms with van der Waals surface area (Å²) < 4.78 is 0. The highest BCUT2D eigenvalue weighted by molar-refractivity contribution is 4.70. The first kappa shape index (κ1) is 15.0. The van der Waals surface area contributed by atoms with Crippen LogP contribution in [0.3, 0.4) is 0 Å². The lowest BCUT2D eigenvalue weighted by atomic mass is 10.1. The van der Waals surface area contributed by atoms with E-state index >= 15 is 0 Å². The Bertz CT molecular complexity index is 176. The molecule has 102 valence electrons. The van der Waals surface area contributed by atoms with Crippen molar-refractivity contribution in [2.45, 2.75) is 65.3 Å². The summed E-state index contributed by atoms with van der Waals surface area (Å²) in [4.78, 5) is 2.65. The molecule has 0 amide bonds. The Morgan fingerprint density at radius 1 is 1.12 bits per heavy atom. The number of likely N-dealkylation sites (tertiary alicyclic amines) is 1. The van der Waals surface area contributed by atoms with E-state index in [9.17, 15) is 0 Å². The Hall–Kier alpha value is -0.0800. The maximum atomic E-state index is 3.68. The van der Waals surface area contributed by atoms with Crippen LogP contribution < -0.4 is 5.32 Å². The number of rotatable bonds is 8. The molecule has 2 unspecified atom stereocenters. The predicted octanol–water partition coefficient (Wildman–Crippen LogP) is 3.28. The van der Waals surface area contributed by atoms with Gasteiger partial charge in [0.15, 0.2) is 0 Å². The zero-order valence-electron chi connectivity index (χ0n) is 12.2. The largest absolute Gasteiger partial charge is 0.314 e. The quantitative estimate of drug-likeness (QED) is 0.700. The highest BCUT2D eigenvalue weighted by atomic mass is 15.1. The molecular formula is C15H32N2. The number of unbranched alkanes of at least 4 members (excludes halogenated alkanes) is 1. The van der Waals surface area contributed by atoms with Crippen molar-refractivity contribution in [2.75, 3.05) is 26.2 Å². The van der Waals surface area contributed by atoms with Crippen LogP contribution in [0.5, 0.6) is 0 Å². The highest BCUT2D eigenvalue weighted by Gasteiger charge is 2.13. The molecule has 0 aromatic heterocycles. The molecule has 1 rings (SSSR count). The first-order valence-electron chi connectivity index (χ1n) is 7.68. The van der Waals surface area contributed by atoms with E-state index in [2.05, 4.69) is 31.0 Å². The van der Waals surface area contributed by atoms with Crippen LogP contribution in [0, 0.1) is 5.92 Å². The lowest BCUT2D eigenvalue weighted by Gasteiger charge is -2.29. The van der Waals surface area contributed by atoms with Crippen molar-refractivity contribution in [2.24, 2.45) is 5.92 Å². The molecular weight excluding hydrogens is 208 g/mol. The molecule has 2 heteroatoms. The topological polar surface area (TPSA) is 15.3 Å². The maximum Gasteiger partial charge on any atom is 0.00388 e. The van der Waals surface area contributed by atoms with E-state index < -0.39 is 0 Å². The normalized spacial score (nSPS) is 21.4. The molecule has 0 saturated carbocycles. The van der Waals surface area contributed by atoms with Crippen LogP contribution in [0.15, 0.2) is 0 Å². The molecule has 0 aromatic carbocycles. The van der Waals surface area contributed by atoms with E-state index in [1.807, 2.05) is 0 Å². The Labute approximate surface area is 108 Å². The smallest absolute Gasteiger partial charge is 0.00388 e. The van der Waals surface area contributed by atoms with Gasteiger partial charge in [-0.2, -0.15) is 0 Å². The molecule has 17 heavy (non-hydrogen) atoms. The fourth-order valence-corrected chi connectivity index (χ4v) is 2.66. The van der Waals surface area contributed by atoms with E-state index in [1.54, 1.807) is 0 Å². The van der Waals surface area contributed by atoms with Gasteiger partial charge in [0.05, 0.1) is 0 Å². The van der Waals surface area contributed by atoms with Gasteiger partial charge in [0.25, 0.3) is 0 Å². The van der Waals surface area contributed by atoms with Crippen molar-refractivity contribution >= 4 is 0 Å².